The molecular formula is C13H16N2O5. The molecule has 0 radical (unpaired) electrons. The van der Waals surface area contributed by atoms with Crippen LogP contribution in [0.15, 0.2) is 24.3 Å². The van der Waals surface area contributed by atoms with Crippen LogP contribution in [-0.2, 0) is 4.79 Å². The molecule has 1 N–H and O–H groups in total. The van der Waals surface area contributed by atoms with Crippen molar-refractivity contribution >= 4 is 11.6 Å². The SMILES string of the molecule is O=C(COc1ccc([N+](=O)[O-])cc1)N1CCC(O)CC1. The van der Waals surface area contributed by atoms with Gasteiger partial charge in [0.2, 0.25) is 0 Å². The number of ether oxygens (including phenoxy) is 1. The van der Waals surface area contributed by atoms with Crippen molar-refractivity contribution in [2.24, 2.45) is 0 Å². The Labute approximate surface area is 115 Å². The van der Waals surface area contributed by atoms with Gasteiger partial charge in [0.05, 0.1) is 11.0 Å². The first-order valence-corrected chi connectivity index (χ1v) is 6.39. The largest absolute Gasteiger partial charge is 0.484 e. The van der Waals surface area contributed by atoms with Gasteiger partial charge in [0.25, 0.3) is 11.6 Å². The van der Waals surface area contributed by atoms with E-state index in [9.17, 15) is 20.0 Å². The number of carbonyl (C=O) groups is 1. The molecule has 7 nitrogen and oxygen atoms in total. The minimum Gasteiger partial charge on any atom is -0.484 e. The van der Waals surface area contributed by atoms with Crippen LogP contribution in [0.5, 0.6) is 5.75 Å². The molecule has 1 aliphatic heterocycles. The van der Waals surface area contributed by atoms with E-state index in [2.05, 4.69) is 0 Å². The van der Waals surface area contributed by atoms with Crippen LogP contribution in [0.2, 0.25) is 0 Å². The van der Waals surface area contributed by atoms with E-state index in [1.807, 2.05) is 0 Å². The first kappa shape index (κ1) is 14.3. The molecule has 1 aromatic carbocycles. The van der Waals surface area contributed by atoms with E-state index in [1.165, 1.54) is 24.3 Å². The summed E-state index contributed by atoms with van der Waals surface area (Å²) in [7, 11) is 0. The lowest BCUT2D eigenvalue weighted by molar-refractivity contribution is -0.384. The smallest absolute Gasteiger partial charge is 0.269 e. The van der Waals surface area contributed by atoms with Crippen LogP contribution in [0.25, 0.3) is 0 Å². The van der Waals surface area contributed by atoms with Gasteiger partial charge in [0.1, 0.15) is 5.75 Å². The maximum atomic E-state index is 11.9. The van der Waals surface area contributed by atoms with Crippen molar-refractivity contribution in [3.63, 3.8) is 0 Å². The molecule has 0 aliphatic carbocycles. The Morgan fingerprint density at radius 2 is 1.95 bits per heavy atom. The number of hydrogen-bond acceptors (Lipinski definition) is 5. The van der Waals surface area contributed by atoms with Crippen molar-refractivity contribution in [3.05, 3.63) is 34.4 Å². The molecule has 0 spiro atoms. The third kappa shape index (κ3) is 3.67. The van der Waals surface area contributed by atoms with Gasteiger partial charge in [-0.15, -0.1) is 0 Å². The quantitative estimate of drug-likeness (QED) is 0.655. The van der Waals surface area contributed by atoms with Gasteiger partial charge in [-0.25, -0.2) is 0 Å². The normalized spacial score (nSPS) is 15.9. The zero-order chi connectivity index (χ0) is 14.5. The summed E-state index contributed by atoms with van der Waals surface area (Å²) in [5, 5.41) is 19.9. The second-order valence-corrected chi connectivity index (χ2v) is 4.65. The summed E-state index contributed by atoms with van der Waals surface area (Å²) in [4.78, 5) is 23.5. The van der Waals surface area contributed by atoms with Gasteiger partial charge in [-0.2, -0.15) is 0 Å². The summed E-state index contributed by atoms with van der Waals surface area (Å²) in [5.41, 5.74) is -0.0197. The number of hydrogen-bond donors (Lipinski definition) is 1. The van der Waals surface area contributed by atoms with Gasteiger partial charge in [0, 0.05) is 25.2 Å². The topological polar surface area (TPSA) is 92.9 Å². The number of benzene rings is 1. The molecule has 2 rings (SSSR count). The zero-order valence-corrected chi connectivity index (χ0v) is 10.9. The molecule has 0 saturated carbocycles. The third-order valence-electron chi connectivity index (χ3n) is 3.23. The first-order chi connectivity index (χ1) is 9.56. The van der Waals surface area contributed by atoms with E-state index in [-0.39, 0.29) is 24.3 Å². The number of nitrogens with zero attached hydrogens (tertiary/aromatic N) is 2. The summed E-state index contributed by atoms with van der Waals surface area (Å²) >= 11 is 0. The van der Waals surface area contributed by atoms with Gasteiger partial charge in [-0.3, -0.25) is 14.9 Å². The lowest BCUT2D eigenvalue weighted by Gasteiger charge is -2.29. The molecule has 0 unspecified atom stereocenters. The van der Waals surface area contributed by atoms with Crippen LogP contribution in [0.1, 0.15) is 12.8 Å². The van der Waals surface area contributed by atoms with E-state index in [0.29, 0.717) is 31.7 Å². The predicted octanol–water partition coefficient (Wildman–Crippen LogP) is 0.957. The number of likely N-dealkylation sites (tertiary alicyclic amines) is 1. The van der Waals surface area contributed by atoms with E-state index < -0.39 is 4.92 Å². The molecule has 1 aromatic rings. The molecule has 0 atom stereocenters. The van der Waals surface area contributed by atoms with Crippen LogP contribution in [0.4, 0.5) is 5.69 Å². The van der Waals surface area contributed by atoms with Gasteiger partial charge < -0.3 is 14.7 Å². The van der Waals surface area contributed by atoms with E-state index in [0.717, 1.165) is 0 Å². The molecule has 0 aromatic heterocycles. The Hall–Kier alpha value is -2.15. The first-order valence-electron chi connectivity index (χ1n) is 6.39. The standard InChI is InChI=1S/C13H16N2O5/c16-11-5-7-14(8-6-11)13(17)9-20-12-3-1-10(2-4-12)15(18)19/h1-4,11,16H,5-9H2. The van der Waals surface area contributed by atoms with Crippen LogP contribution < -0.4 is 4.74 Å². The Bertz CT molecular complexity index is 480. The van der Waals surface area contributed by atoms with Crippen molar-refractivity contribution in [2.75, 3.05) is 19.7 Å². The monoisotopic (exact) mass is 280 g/mol. The molecule has 20 heavy (non-hydrogen) atoms. The maximum absolute atomic E-state index is 11.9. The molecule has 1 amide bonds. The fourth-order valence-corrected chi connectivity index (χ4v) is 2.02. The Balaban J connectivity index is 1.82. The van der Waals surface area contributed by atoms with Crippen molar-refractivity contribution < 1.29 is 19.6 Å². The molecule has 1 saturated heterocycles. The predicted molar refractivity (Wildman–Crippen MR) is 70.4 cm³/mol. The van der Waals surface area contributed by atoms with Gasteiger partial charge in [-0.05, 0) is 25.0 Å². The average molecular weight is 280 g/mol. The van der Waals surface area contributed by atoms with Crippen molar-refractivity contribution in [1.82, 2.24) is 4.90 Å². The van der Waals surface area contributed by atoms with Crippen LogP contribution >= 0.6 is 0 Å². The fraction of sp³-hybridized carbons (Fsp3) is 0.462. The van der Waals surface area contributed by atoms with Gasteiger partial charge >= 0.3 is 0 Å². The molecule has 1 aliphatic rings. The number of nitro groups is 1. The average Bonchev–Trinajstić information content (AvgIpc) is 2.46. The summed E-state index contributed by atoms with van der Waals surface area (Å²) in [5.74, 6) is 0.274. The van der Waals surface area contributed by atoms with Crippen molar-refractivity contribution in [2.45, 2.75) is 18.9 Å². The number of nitro benzene ring substituents is 1. The third-order valence-corrected chi connectivity index (χ3v) is 3.23. The van der Waals surface area contributed by atoms with Crippen LogP contribution in [0, 0.1) is 10.1 Å². The Kier molecular flexibility index (Phi) is 4.52. The summed E-state index contributed by atoms with van der Waals surface area (Å²) in [6.45, 7) is 0.959. The van der Waals surface area contributed by atoms with Gasteiger partial charge in [0.15, 0.2) is 6.61 Å². The molecule has 1 heterocycles. The Morgan fingerprint density at radius 3 is 2.50 bits per heavy atom. The maximum Gasteiger partial charge on any atom is 0.269 e. The van der Waals surface area contributed by atoms with Crippen molar-refractivity contribution in [1.29, 1.82) is 0 Å². The van der Waals surface area contributed by atoms with E-state index >= 15 is 0 Å². The van der Waals surface area contributed by atoms with E-state index in [4.69, 9.17) is 4.74 Å². The van der Waals surface area contributed by atoms with E-state index in [1.54, 1.807) is 4.90 Å². The number of aliphatic hydroxyl groups is 1. The highest BCUT2D eigenvalue weighted by Crippen LogP contribution is 2.17. The number of piperidine rings is 1. The number of amides is 1. The number of rotatable bonds is 4. The number of carbonyl (C=O) groups excluding carboxylic acids is 1. The molecular weight excluding hydrogens is 264 g/mol. The molecule has 0 bridgehead atoms. The molecule has 108 valence electrons. The lowest BCUT2D eigenvalue weighted by atomic mass is 10.1. The summed E-state index contributed by atoms with van der Waals surface area (Å²) in [6, 6.07) is 5.59. The second kappa shape index (κ2) is 6.33. The zero-order valence-electron chi connectivity index (χ0n) is 10.9. The lowest BCUT2D eigenvalue weighted by Crippen LogP contribution is -2.42. The number of non-ortho nitro benzene ring substituents is 1. The fourth-order valence-electron chi connectivity index (χ4n) is 2.02. The highest BCUT2D eigenvalue weighted by molar-refractivity contribution is 5.77. The molecule has 7 heteroatoms. The Morgan fingerprint density at radius 1 is 1.35 bits per heavy atom. The second-order valence-electron chi connectivity index (χ2n) is 4.65. The molecule has 1 fully saturated rings. The summed E-state index contributed by atoms with van der Waals surface area (Å²) in [6.07, 6.45) is 0.849. The minimum atomic E-state index is -0.492. The van der Waals surface area contributed by atoms with Crippen LogP contribution in [-0.4, -0.2) is 46.6 Å². The number of aliphatic hydroxyl groups excluding tert-OH is 1. The van der Waals surface area contributed by atoms with Crippen molar-refractivity contribution in [3.8, 4) is 5.75 Å². The summed E-state index contributed by atoms with van der Waals surface area (Å²) < 4.78 is 5.31. The highest BCUT2D eigenvalue weighted by Gasteiger charge is 2.21. The van der Waals surface area contributed by atoms with Gasteiger partial charge in [-0.1, -0.05) is 0 Å². The minimum absolute atomic E-state index is 0.0197. The highest BCUT2D eigenvalue weighted by atomic mass is 16.6. The van der Waals surface area contributed by atoms with Crippen LogP contribution in [0.3, 0.4) is 0 Å².